The first-order valence-electron chi connectivity index (χ1n) is 7.09. The second-order valence-electron chi connectivity index (χ2n) is 4.90. The molecule has 24 heavy (non-hydrogen) atoms. The van der Waals surface area contributed by atoms with Gasteiger partial charge in [-0.15, -0.1) is 0 Å². The highest BCUT2D eigenvalue weighted by Crippen LogP contribution is 2.29. The molecule has 0 radical (unpaired) electrons. The van der Waals surface area contributed by atoms with Gasteiger partial charge in [-0.2, -0.15) is 0 Å². The second kappa shape index (κ2) is 6.62. The van der Waals surface area contributed by atoms with Crippen molar-refractivity contribution in [3.63, 3.8) is 0 Å². The lowest BCUT2D eigenvalue weighted by Crippen LogP contribution is -2.10. The van der Waals surface area contributed by atoms with Crippen LogP contribution in [0.15, 0.2) is 24.5 Å². The average Bonchev–Trinajstić information content (AvgIpc) is 3.00. The lowest BCUT2D eigenvalue weighted by Gasteiger charge is -2.13. The van der Waals surface area contributed by atoms with Gasteiger partial charge in [-0.05, 0) is 19.1 Å². The van der Waals surface area contributed by atoms with E-state index in [2.05, 4.69) is 15.0 Å². The van der Waals surface area contributed by atoms with Gasteiger partial charge in [0.2, 0.25) is 5.82 Å². The van der Waals surface area contributed by atoms with Gasteiger partial charge >= 0.3 is 5.97 Å². The smallest absolute Gasteiger partial charge is 0.376 e. The average molecular weight is 366 g/mol. The fraction of sp³-hybridized carbons (Fsp3) is 0.200. The van der Waals surface area contributed by atoms with Crippen molar-refractivity contribution >= 4 is 35.0 Å². The molecule has 2 heterocycles. The van der Waals surface area contributed by atoms with E-state index in [9.17, 15) is 4.79 Å². The molecule has 7 nitrogen and oxygen atoms in total. The Hall–Kier alpha value is -2.38. The molecule has 2 aliphatic heterocycles. The van der Waals surface area contributed by atoms with Crippen LogP contribution < -0.4 is 5.73 Å². The number of aromatic nitrogens is 4. The summed E-state index contributed by atoms with van der Waals surface area (Å²) in [4.78, 5) is 24.3. The van der Waals surface area contributed by atoms with E-state index in [1.165, 1.54) is 6.33 Å². The van der Waals surface area contributed by atoms with Crippen molar-refractivity contribution in [2.24, 2.45) is 0 Å². The Labute approximate surface area is 147 Å². The Kier molecular flexibility index (Phi) is 4.55. The van der Waals surface area contributed by atoms with Gasteiger partial charge in [0.15, 0.2) is 17.3 Å². The molecule has 2 N–H and O–H groups in total. The number of carbonyl (C=O) groups is 1. The molecule has 0 bridgehead atoms. The Morgan fingerprint density at radius 2 is 2.00 bits per heavy atom. The third kappa shape index (κ3) is 3.00. The van der Waals surface area contributed by atoms with E-state index in [1.54, 1.807) is 29.7 Å². The number of carbonyl (C=O) groups excluding carboxylic acids is 1. The maximum Gasteiger partial charge on any atom is 0.376 e. The van der Waals surface area contributed by atoms with Gasteiger partial charge in [-0.25, -0.2) is 19.7 Å². The van der Waals surface area contributed by atoms with Gasteiger partial charge in [-0.3, -0.25) is 0 Å². The van der Waals surface area contributed by atoms with Gasteiger partial charge in [0.05, 0.1) is 19.5 Å². The number of nitrogens with zero attached hydrogens (tertiary/aromatic N) is 4. The molecular weight excluding hydrogens is 353 g/mol. The minimum atomic E-state index is -0.615. The van der Waals surface area contributed by atoms with E-state index in [0.29, 0.717) is 33.7 Å². The van der Waals surface area contributed by atoms with Crippen LogP contribution in [0.4, 0.5) is 5.82 Å². The zero-order valence-electron chi connectivity index (χ0n) is 12.7. The molecule has 1 aromatic rings. The van der Waals surface area contributed by atoms with Crippen molar-refractivity contribution < 1.29 is 9.53 Å². The number of fused-ring (bicyclic) bond motifs is 1. The number of nitrogen functional groups attached to an aromatic ring is 1. The summed E-state index contributed by atoms with van der Waals surface area (Å²) < 4.78 is 6.59. The highest BCUT2D eigenvalue weighted by Gasteiger charge is 2.23. The number of esters is 1. The molecule has 0 unspecified atom stereocenters. The first-order chi connectivity index (χ1) is 11.5. The molecule has 0 aromatic heterocycles. The first-order valence-corrected chi connectivity index (χ1v) is 7.85. The molecule has 9 heteroatoms. The van der Waals surface area contributed by atoms with Gasteiger partial charge in [0.25, 0.3) is 0 Å². The van der Waals surface area contributed by atoms with E-state index in [4.69, 9.17) is 33.7 Å². The van der Waals surface area contributed by atoms with Crippen molar-refractivity contribution in [2.75, 3.05) is 12.3 Å². The van der Waals surface area contributed by atoms with Crippen molar-refractivity contribution in [1.82, 2.24) is 19.5 Å². The standard InChI is InChI=1S/C15H13Cl2N5O2/c1-2-24-15(23)13-20-11-12(18)19-7-22(14(11)21-13)6-8-9(16)4-3-5-10(8)17/h3-5,7H,2,6,18H2,1H3. The number of hydrogen-bond donors (Lipinski definition) is 1. The number of anilines is 1. The van der Waals surface area contributed by atoms with Crippen molar-refractivity contribution in [3.05, 3.63) is 46.0 Å². The summed E-state index contributed by atoms with van der Waals surface area (Å²) in [5.74, 6) is -0.0999. The van der Waals surface area contributed by atoms with E-state index in [0.717, 1.165) is 0 Å². The van der Waals surface area contributed by atoms with Gasteiger partial charge in [-0.1, -0.05) is 29.3 Å². The summed E-state index contributed by atoms with van der Waals surface area (Å²) in [5.41, 5.74) is 6.87. The largest absolute Gasteiger partial charge is 0.460 e. The highest BCUT2D eigenvalue weighted by molar-refractivity contribution is 6.35. The van der Waals surface area contributed by atoms with E-state index < -0.39 is 5.97 Å². The second-order valence-corrected chi connectivity index (χ2v) is 5.71. The number of nitrogens with two attached hydrogens (primary N) is 1. The summed E-state index contributed by atoms with van der Waals surface area (Å²) in [5, 5.41) is 1.04. The molecule has 124 valence electrons. The van der Waals surface area contributed by atoms with Crippen molar-refractivity contribution in [3.8, 4) is 11.5 Å². The SMILES string of the molecule is CCOC(=O)c1nc2c(N)ncn(Cc3c(Cl)cccc3Cl)c-2n1. The molecule has 0 atom stereocenters. The molecule has 0 saturated heterocycles. The molecule has 0 fully saturated rings. The predicted molar refractivity (Wildman–Crippen MR) is 90.4 cm³/mol. The van der Waals surface area contributed by atoms with Crippen molar-refractivity contribution in [1.29, 1.82) is 0 Å². The molecule has 0 spiro atoms. The Bertz CT molecular complexity index is 860. The summed E-state index contributed by atoms with van der Waals surface area (Å²) in [6.07, 6.45) is 1.50. The quantitative estimate of drug-likeness (QED) is 0.714. The van der Waals surface area contributed by atoms with Crippen LogP contribution in [0, 0.1) is 0 Å². The van der Waals surface area contributed by atoms with Crippen LogP contribution in [0.3, 0.4) is 0 Å². The maximum atomic E-state index is 11.8. The first kappa shape index (κ1) is 16.5. The summed E-state index contributed by atoms with van der Waals surface area (Å²) in [6, 6.07) is 5.24. The number of benzene rings is 1. The van der Waals surface area contributed by atoms with Gasteiger partial charge in [0.1, 0.15) is 0 Å². The highest BCUT2D eigenvalue weighted by atomic mass is 35.5. The molecule has 3 rings (SSSR count). The lowest BCUT2D eigenvalue weighted by atomic mass is 10.2. The molecule has 0 amide bonds. The Balaban J connectivity index is 2.06. The fourth-order valence-electron chi connectivity index (χ4n) is 2.21. The maximum absolute atomic E-state index is 11.8. The summed E-state index contributed by atoms with van der Waals surface area (Å²) in [7, 11) is 0. The van der Waals surface area contributed by atoms with Crippen LogP contribution in [-0.4, -0.2) is 32.1 Å². The third-order valence-corrected chi connectivity index (χ3v) is 4.05. The molecule has 0 saturated carbocycles. The molecule has 2 aliphatic rings. The van der Waals surface area contributed by atoms with Crippen LogP contribution in [0.25, 0.3) is 11.5 Å². The van der Waals surface area contributed by atoms with Crippen molar-refractivity contribution in [2.45, 2.75) is 13.5 Å². The zero-order valence-corrected chi connectivity index (χ0v) is 14.2. The third-order valence-electron chi connectivity index (χ3n) is 3.34. The number of hydrogen-bond acceptors (Lipinski definition) is 6. The van der Waals surface area contributed by atoms with Gasteiger partial charge < -0.3 is 15.0 Å². The number of imidazole rings is 1. The van der Waals surface area contributed by atoms with Crippen LogP contribution >= 0.6 is 23.2 Å². The minimum absolute atomic E-state index is 0.0643. The summed E-state index contributed by atoms with van der Waals surface area (Å²) >= 11 is 12.4. The number of rotatable bonds is 4. The van der Waals surface area contributed by atoms with E-state index >= 15 is 0 Å². The molecule has 0 aliphatic carbocycles. The monoisotopic (exact) mass is 365 g/mol. The van der Waals surface area contributed by atoms with Crippen LogP contribution in [0.1, 0.15) is 23.1 Å². The fourth-order valence-corrected chi connectivity index (χ4v) is 2.73. The molecule has 1 aromatic carbocycles. The van der Waals surface area contributed by atoms with Crippen LogP contribution in [0.5, 0.6) is 0 Å². The lowest BCUT2D eigenvalue weighted by molar-refractivity contribution is 0.0513. The number of ether oxygens (including phenoxy) is 1. The van der Waals surface area contributed by atoms with Crippen LogP contribution in [0.2, 0.25) is 10.0 Å². The molecular formula is C15H13Cl2N5O2. The zero-order chi connectivity index (χ0) is 17.3. The minimum Gasteiger partial charge on any atom is -0.460 e. The number of halogens is 2. The summed E-state index contributed by atoms with van der Waals surface area (Å²) in [6.45, 7) is 2.24. The Morgan fingerprint density at radius 1 is 1.29 bits per heavy atom. The topological polar surface area (TPSA) is 95.9 Å². The Morgan fingerprint density at radius 3 is 2.67 bits per heavy atom. The van der Waals surface area contributed by atoms with Crippen LogP contribution in [-0.2, 0) is 11.3 Å². The van der Waals surface area contributed by atoms with E-state index in [1.807, 2.05) is 0 Å². The predicted octanol–water partition coefficient (Wildman–Crippen LogP) is 2.89. The normalized spacial score (nSPS) is 11.0. The van der Waals surface area contributed by atoms with Gasteiger partial charge in [0, 0.05) is 15.6 Å². The van der Waals surface area contributed by atoms with E-state index in [-0.39, 0.29) is 18.2 Å².